The van der Waals surface area contributed by atoms with Gasteiger partial charge in [0.1, 0.15) is 11.4 Å². The second-order valence-electron chi connectivity index (χ2n) is 7.57. The van der Waals surface area contributed by atoms with Crippen molar-refractivity contribution in [3.8, 4) is 11.8 Å². The molecule has 2 aromatic heterocycles. The number of thiophene rings is 1. The number of benzene rings is 1. The lowest BCUT2D eigenvalue weighted by atomic mass is 10.1. The molecule has 2 N–H and O–H groups in total. The van der Waals surface area contributed by atoms with E-state index in [2.05, 4.69) is 40.5 Å². The largest absolute Gasteiger partial charge is 0.384 e. The van der Waals surface area contributed by atoms with E-state index in [1.165, 1.54) is 0 Å². The topological polar surface area (TPSA) is 57.5 Å². The van der Waals surface area contributed by atoms with Crippen LogP contribution in [0.1, 0.15) is 29.9 Å². The second-order valence-corrected chi connectivity index (χ2v) is 9.45. The number of likely N-dealkylation sites (N-methyl/N-ethyl adjacent to an activating group) is 1. The monoisotopic (exact) mass is 501 g/mol. The fourth-order valence-electron chi connectivity index (χ4n) is 3.54. The van der Waals surface area contributed by atoms with E-state index >= 15 is 0 Å². The van der Waals surface area contributed by atoms with Crippen LogP contribution in [0.2, 0.25) is 5.02 Å². The molecule has 5 nitrogen and oxygen atoms in total. The van der Waals surface area contributed by atoms with Gasteiger partial charge in [-0.2, -0.15) is 0 Å². The highest BCUT2D eigenvalue weighted by atomic mass is 35.5. The van der Waals surface area contributed by atoms with E-state index in [-0.39, 0.29) is 18.9 Å². The average Bonchev–Trinajstić information content (AvgIpc) is 3.25. The van der Waals surface area contributed by atoms with E-state index in [1.807, 2.05) is 36.5 Å². The molecule has 0 unspecified atom stereocenters. The molecule has 0 spiro atoms. The van der Waals surface area contributed by atoms with Gasteiger partial charge in [0.2, 0.25) is 5.91 Å². The molecule has 8 heteroatoms. The van der Waals surface area contributed by atoms with Crippen LogP contribution in [-0.2, 0) is 24.3 Å². The lowest BCUT2D eigenvalue weighted by Gasteiger charge is -2.20. The fraction of sp³-hybridized carbons (Fsp3) is 0.360. The van der Waals surface area contributed by atoms with Crippen molar-refractivity contribution >= 4 is 51.3 Å². The van der Waals surface area contributed by atoms with E-state index in [4.69, 9.17) is 28.9 Å². The van der Waals surface area contributed by atoms with Crippen LogP contribution >= 0.6 is 35.2 Å². The second kappa shape index (κ2) is 12.3. The molecular weight excluding hydrogens is 474 g/mol. The van der Waals surface area contributed by atoms with Crippen LogP contribution in [0.25, 0.3) is 10.2 Å². The minimum absolute atomic E-state index is 0.0822. The number of carbonyl (C=O) groups excluding carboxylic acids is 1. The molecule has 0 atom stereocenters. The Morgan fingerprint density at radius 1 is 1.27 bits per heavy atom. The predicted molar refractivity (Wildman–Crippen MR) is 139 cm³/mol. The summed E-state index contributed by atoms with van der Waals surface area (Å²) in [4.78, 5) is 17.0. The number of nitrogens with one attached hydrogen (secondary N) is 1. The molecule has 1 amide bonds. The molecular formula is C25H28ClN3O2S2. The Labute approximate surface area is 209 Å². The number of aromatic nitrogens is 1. The number of carbonyl (C=O) groups is 1. The van der Waals surface area contributed by atoms with E-state index in [0.717, 1.165) is 52.4 Å². The smallest absolute Gasteiger partial charge is 0.224 e. The summed E-state index contributed by atoms with van der Waals surface area (Å²) in [5, 5.41) is 13.6. The van der Waals surface area contributed by atoms with Crippen LogP contribution in [-0.4, -0.2) is 46.7 Å². The molecule has 1 aromatic carbocycles. The molecule has 0 bridgehead atoms. The Balaban J connectivity index is 1.86. The third-order valence-corrected chi connectivity index (χ3v) is 7.24. The molecule has 0 aliphatic heterocycles. The van der Waals surface area contributed by atoms with Gasteiger partial charge in [-0.1, -0.05) is 61.6 Å². The Morgan fingerprint density at radius 2 is 2.00 bits per heavy atom. The molecule has 174 valence electrons. The van der Waals surface area contributed by atoms with Crippen molar-refractivity contribution in [3.05, 3.63) is 62.1 Å². The molecule has 2 heterocycles. The molecule has 0 radical (unpaired) electrons. The number of aliphatic hydroxyl groups excluding tert-OH is 1. The number of nitrogens with zero attached hydrogens (tertiary/aromatic N) is 2. The normalized spacial score (nSPS) is 10.9. The Hall–Kier alpha value is -2.21. The van der Waals surface area contributed by atoms with E-state index < -0.39 is 0 Å². The number of amides is 1. The summed E-state index contributed by atoms with van der Waals surface area (Å²) in [6.45, 7) is 8.22. The van der Waals surface area contributed by atoms with E-state index in [1.54, 1.807) is 11.3 Å². The minimum Gasteiger partial charge on any atom is -0.384 e. The fourth-order valence-corrected chi connectivity index (χ4v) is 5.05. The first kappa shape index (κ1) is 25.4. The zero-order valence-corrected chi connectivity index (χ0v) is 21.2. The van der Waals surface area contributed by atoms with E-state index in [0.29, 0.717) is 16.1 Å². The summed E-state index contributed by atoms with van der Waals surface area (Å²) in [5.41, 5.74) is 1.81. The highest BCUT2D eigenvalue weighted by Crippen LogP contribution is 2.28. The number of hydrogen-bond acceptors (Lipinski definition) is 5. The van der Waals surface area contributed by atoms with Crippen molar-refractivity contribution in [1.29, 1.82) is 0 Å². The van der Waals surface area contributed by atoms with Crippen molar-refractivity contribution in [1.82, 2.24) is 14.8 Å². The third kappa shape index (κ3) is 6.89. The number of hydrogen-bond donors (Lipinski definition) is 2. The van der Waals surface area contributed by atoms with Crippen LogP contribution in [0, 0.1) is 16.4 Å². The summed E-state index contributed by atoms with van der Waals surface area (Å²) in [6.07, 6.45) is 2.22. The molecule has 0 saturated heterocycles. The zero-order valence-electron chi connectivity index (χ0n) is 18.9. The first-order chi connectivity index (χ1) is 15.9. The first-order valence-electron chi connectivity index (χ1n) is 10.9. The van der Waals surface area contributed by atoms with Gasteiger partial charge in [-0.25, -0.2) is 0 Å². The van der Waals surface area contributed by atoms with Gasteiger partial charge < -0.3 is 19.9 Å². The third-order valence-electron chi connectivity index (χ3n) is 5.42. The van der Waals surface area contributed by atoms with E-state index in [9.17, 15) is 4.79 Å². The van der Waals surface area contributed by atoms with Crippen LogP contribution in [0.3, 0.4) is 0 Å². The Morgan fingerprint density at radius 3 is 2.67 bits per heavy atom. The number of pyridine rings is 1. The minimum atomic E-state index is -0.185. The lowest BCUT2D eigenvalue weighted by Crippen LogP contribution is -2.27. The van der Waals surface area contributed by atoms with Gasteiger partial charge in [-0.05, 0) is 42.4 Å². The zero-order chi connectivity index (χ0) is 23.8. The van der Waals surface area contributed by atoms with Crippen LogP contribution in [0.15, 0.2) is 36.5 Å². The molecule has 33 heavy (non-hydrogen) atoms. The molecule has 0 saturated carbocycles. The van der Waals surface area contributed by atoms with Crippen LogP contribution in [0.5, 0.6) is 0 Å². The van der Waals surface area contributed by atoms with Gasteiger partial charge in [0, 0.05) is 36.2 Å². The SMILES string of the molecule is CCN(CC)CCn1cc(CC(=O)NCc2ccc(Cl)cc2)c(=S)c2cc(C#CCO)sc21. The van der Waals surface area contributed by atoms with Crippen molar-refractivity contribution in [3.63, 3.8) is 0 Å². The maximum absolute atomic E-state index is 12.7. The predicted octanol–water partition coefficient (Wildman–Crippen LogP) is 4.63. The van der Waals surface area contributed by atoms with Gasteiger partial charge in [0.15, 0.2) is 0 Å². The standard InChI is InChI=1S/C25H28ClN3O2S2/c1-3-28(4-2)11-12-29-17-19(14-23(31)27-16-18-7-9-20(26)10-8-18)24(32)22-15-21(6-5-13-30)33-25(22)29/h7-10,15,17,30H,3-4,11-14,16H2,1-2H3,(H,27,31). The Kier molecular flexibility index (Phi) is 9.48. The first-order valence-corrected chi connectivity index (χ1v) is 12.5. The highest BCUT2D eigenvalue weighted by Gasteiger charge is 2.14. The summed E-state index contributed by atoms with van der Waals surface area (Å²) in [7, 11) is 0. The molecule has 0 aliphatic carbocycles. The van der Waals surface area contributed by atoms with Crippen LogP contribution < -0.4 is 5.32 Å². The number of halogens is 1. The average molecular weight is 502 g/mol. The summed E-state index contributed by atoms with van der Waals surface area (Å²) in [5.74, 6) is 5.61. The number of aliphatic hydroxyl groups is 1. The van der Waals surface area contributed by atoms with Crippen LogP contribution in [0.4, 0.5) is 0 Å². The van der Waals surface area contributed by atoms with Crippen molar-refractivity contribution in [2.75, 3.05) is 26.2 Å². The summed E-state index contributed by atoms with van der Waals surface area (Å²) in [6, 6.07) is 9.38. The summed E-state index contributed by atoms with van der Waals surface area (Å²) >= 11 is 13.3. The van der Waals surface area contributed by atoms with Gasteiger partial charge in [-0.3, -0.25) is 4.79 Å². The number of fused-ring (bicyclic) bond motifs is 1. The lowest BCUT2D eigenvalue weighted by molar-refractivity contribution is -0.120. The quantitative estimate of drug-likeness (QED) is 0.331. The molecule has 3 aromatic rings. The molecule has 0 aliphatic rings. The van der Waals surface area contributed by atoms with Gasteiger partial charge >= 0.3 is 0 Å². The maximum atomic E-state index is 12.7. The maximum Gasteiger partial charge on any atom is 0.224 e. The van der Waals surface area contributed by atoms with Gasteiger partial charge in [0.05, 0.1) is 15.8 Å². The number of rotatable bonds is 9. The highest BCUT2D eigenvalue weighted by molar-refractivity contribution is 7.71. The van der Waals surface area contributed by atoms with Crippen molar-refractivity contribution < 1.29 is 9.90 Å². The molecule has 3 rings (SSSR count). The van der Waals surface area contributed by atoms with Crippen molar-refractivity contribution in [2.45, 2.75) is 33.4 Å². The van der Waals surface area contributed by atoms with Crippen molar-refractivity contribution in [2.24, 2.45) is 0 Å². The summed E-state index contributed by atoms with van der Waals surface area (Å²) < 4.78 is 2.86. The van der Waals surface area contributed by atoms with Gasteiger partial charge in [0.25, 0.3) is 0 Å². The Bertz CT molecular complexity index is 1220. The molecule has 0 fully saturated rings. The van der Waals surface area contributed by atoms with Gasteiger partial charge in [-0.15, -0.1) is 11.3 Å².